The van der Waals surface area contributed by atoms with Crippen molar-refractivity contribution in [3.05, 3.63) is 0 Å². The van der Waals surface area contributed by atoms with E-state index in [2.05, 4.69) is 0 Å². The van der Waals surface area contributed by atoms with Crippen molar-refractivity contribution in [1.29, 1.82) is 0 Å². The number of hydrogen-bond acceptors (Lipinski definition) is 4. The maximum Gasteiger partial charge on any atom is 0.397 e. The molecule has 66 valence electrons. The molecule has 0 aromatic rings. The Labute approximate surface area is 56.0 Å². The molecule has 0 atom stereocenters. The Kier molecular flexibility index (Phi) is 6.22. The van der Waals surface area contributed by atoms with Crippen molar-refractivity contribution in [3.8, 4) is 0 Å². The first-order valence-electron chi connectivity index (χ1n) is 1.20. The van der Waals surface area contributed by atoms with Gasteiger partial charge in [-0.3, -0.25) is 9.11 Å². The third-order valence-corrected chi connectivity index (χ3v) is 2.40. The van der Waals surface area contributed by atoms with Gasteiger partial charge in [-0.1, -0.05) is 0 Å². The molecule has 8 nitrogen and oxygen atoms in total. The Morgan fingerprint density at radius 3 is 0.800 bits per heavy atom. The fraction of sp³-hybridized carbons (Fsp3) is 0. The second kappa shape index (κ2) is 3.80. The van der Waals surface area contributed by atoms with Crippen LogP contribution in [0, 0.1) is 0 Å². The second-order valence-corrected chi connectivity index (χ2v) is 5.09. The molecule has 0 heterocycles. The lowest BCUT2D eigenvalue weighted by Gasteiger charge is -1.84. The van der Waals surface area contributed by atoms with Gasteiger partial charge in [0.1, 0.15) is 0 Å². The quantitative estimate of drug-likeness (QED) is 0.336. The molecule has 0 rings (SSSR count). The van der Waals surface area contributed by atoms with Crippen LogP contribution in [-0.4, -0.2) is 36.9 Å². The first kappa shape index (κ1) is 16.4. The highest BCUT2D eigenvalue weighted by atomic mass is 33.2. The summed E-state index contributed by atoms with van der Waals surface area (Å²) in [5.74, 6) is 0. The predicted molar refractivity (Wildman–Crippen MR) is 30.3 cm³/mol. The molecule has 0 bridgehead atoms. The van der Waals surface area contributed by atoms with Gasteiger partial charge in [-0.25, -0.2) is 0 Å². The first-order valence-corrected chi connectivity index (χ1v) is 4.60. The first-order chi connectivity index (χ1) is 3.25. The van der Waals surface area contributed by atoms with Gasteiger partial charge in [0.2, 0.25) is 0 Å². The highest BCUT2D eigenvalue weighted by molar-refractivity contribution is 8.62. The topological polar surface area (TPSA) is 172 Å². The minimum Gasteiger partial charge on any atom is -0.412 e. The van der Waals surface area contributed by atoms with Gasteiger partial charge >= 0.3 is 18.3 Å². The van der Waals surface area contributed by atoms with Gasteiger partial charge in [0.15, 0.2) is 0 Å². The molecule has 10 heteroatoms. The van der Waals surface area contributed by atoms with Crippen LogP contribution in [0.4, 0.5) is 0 Å². The lowest BCUT2D eigenvalue weighted by Crippen LogP contribution is -2.11. The van der Waals surface area contributed by atoms with Crippen LogP contribution in [0.2, 0.25) is 0 Å². The van der Waals surface area contributed by atoms with Gasteiger partial charge in [0, 0.05) is 0 Å². The molecule has 0 saturated carbocycles. The second-order valence-electron chi connectivity index (χ2n) is 0.855. The molecule has 0 aromatic heterocycles. The maximum atomic E-state index is 9.37. The van der Waals surface area contributed by atoms with Gasteiger partial charge in [-0.15, -0.1) is 0 Å². The zero-order chi connectivity index (χ0) is 7.00. The fourth-order valence-corrected chi connectivity index (χ4v) is 0. The summed E-state index contributed by atoms with van der Waals surface area (Å²) in [6.45, 7) is 0. The SMILES string of the molecule is O.O.O=S(=O)(O)S(=O)(=O)O. The van der Waals surface area contributed by atoms with Crippen LogP contribution in [0.5, 0.6) is 0 Å². The third-order valence-electron chi connectivity index (χ3n) is 0.266. The molecule has 6 N–H and O–H groups in total. The monoisotopic (exact) mass is 198 g/mol. The summed E-state index contributed by atoms with van der Waals surface area (Å²) in [5, 5.41) is 0. The standard InChI is InChI=1S/H2O6S2.2H2O/c1-7(2,3)8(4,5)6;;/h(H,1,2,3)(H,4,5,6);2*1H2. The minimum atomic E-state index is -5.31. The van der Waals surface area contributed by atoms with Gasteiger partial charge < -0.3 is 11.0 Å². The van der Waals surface area contributed by atoms with E-state index < -0.39 is 18.3 Å². The Bertz CT molecular complexity index is 220. The Morgan fingerprint density at radius 2 is 0.800 bits per heavy atom. The zero-order valence-electron chi connectivity index (χ0n) is 4.34. The normalized spacial score (nSPS) is 11.0. The summed E-state index contributed by atoms with van der Waals surface area (Å²) in [5.41, 5.74) is 0. The smallest absolute Gasteiger partial charge is 0.397 e. The molecule has 0 saturated heterocycles. The maximum absolute atomic E-state index is 9.37. The van der Waals surface area contributed by atoms with E-state index in [-0.39, 0.29) is 11.0 Å². The van der Waals surface area contributed by atoms with E-state index in [1.54, 1.807) is 0 Å². The molecule has 0 aliphatic heterocycles. The summed E-state index contributed by atoms with van der Waals surface area (Å²) < 4.78 is 52.5. The predicted octanol–water partition coefficient (Wildman–Crippen LogP) is -2.97. The molecule has 0 aliphatic rings. The molecule has 0 aliphatic carbocycles. The van der Waals surface area contributed by atoms with Gasteiger partial charge in [-0.05, 0) is 0 Å². The van der Waals surface area contributed by atoms with Crippen LogP contribution in [-0.2, 0) is 18.3 Å². The van der Waals surface area contributed by atoms with Crippen LogP contribution in [0.15, 0.2) is 0 Å². The van der Waals surface area contributed by atoms with Gasteiger partial charge in [0.25, 0.3) is 0 Å². The van der Waals surface area contributed by atoms with Crippen molar-refractivity contribution < 1.29 is 36.9 Å². The van der Waals surface area contributed by atoms with E-state index in [0.29, 0.717) is 0 Å². The Balaban J connectivity index is -0.000000245. The van der Waals surface area contributed by atoms with Gasteiger partial charge in [-0.2, -0.15) is 16.8 Å². The Hall–Kier alpha value is -0.260. The van der Waals surface area contributed by atoms with E-state index in [1.807, 2.05) is 0 Å². The summed E-state index contributed by atoms with van der Waals surface area (Å²) in [7, 11) is -10.6. The fourth-order valence-electron chi connectivity index (χ4n) is 0. The van der Waals surface area contributed by atoms with E-state index in [0.717, 1.165) is 0 Å². The lowest BCUT2D eigenvalue weighted by atomic mass is 15.9. The summed E-state index contributed by atoms with van der Waals surface area (Å²) in [6.07, 6.45) is 0. The highest BCUT2D eigenvalue weighted by Gasteiger charge is 2.22. The van der Waals surface area contributed by atoms with Crippen molar-refractivity contribution in [2.75, 3.05) is 0 Å². The zero-order valence-corrected chi connectivity index (χ0v) is 5.98. The molecule has 0 aromatic carbocycles. The van der Waals surface area contributed by atoms with Crippen molar-refractivity contribution in [2.24, 2.45) is 0 Å². The lowest BCUT2D eigenvalue weighted by molar-refractivity contribution is 0.460. The Morgan fingerprint density at radius 1 is 0.700 bits per heavy atom. The van der Waals surface area contributed by atoms with Crippen molar-refractivity contribution in [2.45, 2.75) is 0 Å². The highest BCUT2D eigenvalue weighted by Crippen LogP contribution is 1.90. The third kappa shape index (κ3) is 4.60. The average molecular weight is 198 g/mol. The minimum absolute atomic E-state index is 0. The molecule has 0 fully saturated rings. The molecule has 0 radical (unpaired) electrons. The van der Waals surface area contributed by atoms with Crippen LogP contribution < -0.4 is 0 Å². The summed E-state index contributed by atoms with van der Waals surface area (Å²) in [6, 6.07) is 0. The van der Waals surface area contributed by atoms with Crippen LogP contribution in [0.3, 0.4) is 0 Å². The molecular formula is H6O8S2. The molecular weight excluding hydrogens is 192 g/mol. The average Bonchev–Trinajstić information content (AvgIpc) is 1.25. The van der Waals surface area contributed by atoms with Crippen molar-refractivity contribution in [1.82, 2.24) is 0 Å². The molecule has 10 heavy (non-hydrogen) atoms. The number of hydrogen-bond donors (Lipinski definition) is 2. The van der Waals surface area contributed by atoms with Crippen LogP contribution in [0.1, 0.15) is 0 Å². The van der Waals surface area contributed by atoms with E-state index in [9.17, 15) is 16.8 Å². The summed E-state index contributed by atoms with van der Waals surface area (Å²) >= 11 is 0. The van der Waals surface area contributed by atoms with E-state index in [1.165, 1.54) is 0 Å². The van der Waals surface area contributed by atoms with Crippen LogP contribution >= 0.6 is 0 Å². The van der Waals surface area contributed by atoms with Crippen molar-refractivity contribution >= 4 is 18.3 Å². The van der Waals surface area contributed by atoms with E-state index >= 15 is 0 Å². The molecule has 0 spiro atoms. The molecule has 0 unspecified atom stereocenters. The largest absolute Gasteiger partial charge is 0.412 e. The van der Waals surface area contributed by atoms with Gasteiger partial charge in [0.05, 0.1) is 0 Å². The number of rotatable bonds is 1. The van der Waals surface area contributed by atoms with Crippen LogP contribution in [0.25, 0.3) is 0 Å². The van der Waals surface area contributed by atoms with E-state index in [4.69, 9.17) is 9.11 Å². The van der Waals surface area contributed by atoms with Crippen molar-refractivity contribution in [3.63, 3.8) is 0 Å². The molecule has 0 amide bonds. The summed E-state index contributed by atoms with van der Waals surface area (Å²) in [4.78, 5) is 0.